The van der Waals surface area contributed by atoms with Crippen molar-refractivity contribution in [1.82, 2.24) is 19.9 Å². The molecule has 0 bridgehead atoms. The molecular formula is C13H16N4O3. The highest BCUT2D eigenvalue weighted by Gasteiger charge is 2.20. The predicted octanol–water partition coefficient (Wildman–Crippen LogP) is 0.460. The normalized spacial score (nSPS) is 20.4. The van der Waals surface area contributed by atoms with Gasteiger partial charge in [-0.15, -0.1) is 5.10 Å². The van der Waals surface area contributed by atoms with Crippen molar-refractivity contribution in [3.8, 4) is 0 Å². The van der Waals surface area contributed by atoms with E-state index in [2.05, 4.69) is 22.3 Å². The van der Waals surface area contributed by atoms with Crippen LogP contribution >= 0.6 is 0 Å². The van der Waals surface area contributed by atoms with Crippen molar-refractivity contribution in [1.29, 1.82) is 0 Å². The fraction of sp³-hybridized carbons (Fsp3) is 0.462. The van der Waals surface area contributed by atoms with Crippen LogP contribution in [0.25, 0.3) is 11.0 Å². The Morgan fingerprint density at radius 3 is 3.15 bits per heavy atom. The number of morpholine rings is 1. The summed E-state index contributed by atoms with van der Waals surface area (Å²) < 4.78 is 7.42. The first kappa shape index (κ1) is 13.0. The lowest BCUT2D eigenvalue weighted by molar-refractivity contribution is -0.0286. The third-order valence-corrected chi connectivity index (χ3v) is 3.49. The molecular weight excluding hydrogens is 260 g/mol. The maximum atomic E-state index is 11.1. The van der Waals surface area contributed by atoms with E-state index in [9.17, 15) is 4.79 Å². The quantitative estimate of drug-likeness (QED) is 0.877. The highest BCUT2D eigenvalue weighted by molar-refractivity contribution is 6.00. The monoisotopic (exact) mass is 276 g/mol. The summed E-state index contributed by atoms with van der Waals surface area (Å²) in [5.41, 5.74) is 1.32. The van der Waals surface area contributed by atoms with Gasteiger partial charge in [0.2, 0.25) is 0 Å². The fourth-order valence-electron chi connectivity index (χ4n) is 2.47. The number of ether oxygens (including phenoxy) is 1. The molecule has 1 N–H and O–H groups in total. The molecule has 0 amide bonds. The molecule has 7 heteroatoms. The molecule has 0 radical (unpaired) electrons. The second-order valence-corrected chi connectivity index (χ2v) is 5.01. The number of carboxylic acids is 1. The van der Waals surface area contributed by atoms with Crippen LogP contribution in [0.1, 0.15) is 10.4 Å². The molecule has 1 aliphatic rings. The topological polar surface area (TPSA) is 80.5 Å². The van der Waals surface area contributed by atoms with Gasteiger partial charge in [0.1, 0.15) is 5.52 Å². The van der Waals surface area contributed by atoms with E-state index in [1.807, 2.05) is 6.07 Å². The van der Waals surface area contributed by atoms with Gasteiger partial charge in [-0.25, -0.2) is 9.48 Å². The number of nitrogens with zero attached hydrogens (tertiary/aromatic N) is 4. The lowest BCUT2D eigenvalue weighted by Gasteiger charge is -2.29. The zero-order valence-electron chi connectivity index (χ0n) is 11.2. The molecule has 1 unspecified atom stereocenters. The van der Waals surface area contributed by atoms with Crippen LogP contribution in [0.2, 0.25) is 0 Å². The van der Waals surface area contributed by atoms with Crippen LogP contribution in [-0.2, 0) is 11.3 Å². The fourth-order valence-corrected chi connectivity index (χ4v) is 2.47. The molecule has 1 aromatic carbocycles. The number of aromatic nitrogens is 3. The highest BCUT2D eigenvalue weighted by Crippen LogP contribution is 2.17. The molecule has 1 aromatic heterocycles. The SMILES string of the molecule is CN1CCOC(Cn2nnc3c(C(=O)O)cccc32)C1. The molecule has 20 heavy (non-hydrogen) atoms. The maximum absolute atomic E-state index is 11.1. The summed E-state index contributed by atoms with van der Waals surface area (Å²) in [6, 6.07) is 5.07. The molecule has 1 saturated heterocycles. The molecule has 0 spiro atoms. The minimum absolute atomic E-state index is 0.0483. The van der Waals surface area contributed by atoms with Gasteiger partial charge in [-0.1, -0.05) is 11.3 Å². The number of fused-ring (bicyclic) bond motifs is 1. The number of hydrogen-bond acceptors (Lipinski definition) is 5. The molecule has 7 nitrogen and oxygen atoms in total. The van der Waals surface area contributed by atoms with Crippen molar-refractivity contribution >= 4 is 17.0 Å². The molecule has 2 heterocycles. The van der Waals surface area contributed by atoms with Crippen LogP contribution in [0.4, 0.5) is 0 Å². The van der Waals surface area contributed by atoms with Gasteiger partial charge in [0.25, 0.3) is 0 Å². The van der Waals surface area contributed by atoms with Crippen molar-refractivity contribution in [2.24, 2.45) is 0 Å². The zero-order chi connectivity index (χ0) is 14.1. The third kappa shape index (κ3) is 2.37. The average Bonchev–Trinajstić information content (AvgIpc) is 2.82. The van der Waals surface area contributed by atoms with Gasteiger partial charge >= 0.3 is 5.97 Å². The van der Waals surface area contributed by atoms with E-state index >= 15 is 0 Å². The van der Waals surface area contributed by atoms with Crippen LogP contribution in [0, 0.1) is 0 Å². The lowest BCUT2D eigenvalue weighted by atomic mass is 10.2. The lowest BCUT2D eigenvalue weighted by Crippen LogP contribution is -2.42. The van der Waals surface area contributed by atoms with Gasteiger partial charge in [0.15, 0.2) is 0 Å². The molecule has 1 aliphatic heterocycles. The minimum Gasteiger partial charge on any atom is -0.478 e. The summed E-state index contributed by atoms with van der Waals surface area (Å²) >= 11 is 0. The van der Waals surface area contributed by atoms with Crippen LogP contribution in [0.15, 0.2) is 18.2 Å². The number of aromatic carboxylic acids is 1. The standard InChI is InChI=1S/C13H16N4O3/c1-16-5-6-20-9(7-16)8-17-11-4-2-3-10(13(18)19)12(11)14-15-17/h2-4,9H,5-8H2,1H3,(H,18,19). The molecule has 2 aromatic rings. The Kier molecular flexibility index (Phi) is 3.37. The summed E-state index contributed by atoms with van der Waals surface area (Å²) in [5.74, 6) is -0.990. The Morgan fingerprint density at radius 1 is 1.55 bits per heavy atom. The largest absolute Gasteiger partial charge is 0.478 e. The van der Waals surface area contributed by atoms with Crippen molar-refractivity contribution < 1.29 is 14.6 Å². The molecule has 106 valence electrons. The zero-order valence-corrected chi connectivity index (χ0v) is 11.2. The summed E-state index contributed by atoms with van der Waals surface area (Å²) in [7, 11) is 2.05. The highest BCUT2D eigenvalue weighted by atomic mass is 16.5. The third-order valence-electron chi connectivity index (χ3n) is 3.49. The first-order valence-corrected chi connectivity index (χ1v) is 6.51. The van der Waals surface area contributed by atoms with Crippen LogP contribution in [-0.4, -0.2) is 63.8 Å². The van der Waals surface area contributed by atoms with Crippen LogP contribution < -0.4 is 0 Å². The summed E-state index contributed by atoms with van der Waals surface area (Å²) in [6.07, 6.45) is 0.0483. The van der Waals surface area contributed by atoms with Gasteiger partial charge in [0, 0.05) is 13.1 Å². The maximum Gasteiger partial charge on any atom is 0.338 e. The Labute approximate surface area is 115 Å². The van der Waals surface area contributed by atoms with Crippen molar-refractivity contribution in [3.05, 3.63) is 23.8 Å². The van der Waals surface area contributed by atoms with E-state index in [-0.39, 0.29) is 11.7 Å². The number of carbonyl (C=O) groups is 1. The Bertz CT molecular complexity index is 640. The Hall–Kier alpha value is -1.99. The average molecular weight is 276 g/mol. The van der Waals surface area contributed by atoms with Crippen molar-refractivity contribution in [2.45, 2.75) is 12.6 Å². The van der Waals surface area contributed by atoms with Gasteiger partial charge in [-0.3, -0.25) is 0 Å². The first-order chi connectivity index (χ1) is 9.65. The van der Waals surface area contributed by atoms with Crippen LogP contribution in [0.3, 0.4) is 0 Å². The van der Waals surface area contributed by atoms with Gasteiger partial charge < -0.3 is 14.7 Å². The number of hydrogen-bond donors (Lipinski definition) is 1. The number of likely N-dealkylation sites (N-methyl/N-ethyl adjacent to an activating group) is 1. The number of rotatable bonds is 3. The van der Waals surface area contributed by atoms with Crippen LogP contribution in [0.5, 0.6) is 0 Å². The van der Waals surface area contributed by atoms with E-state index in [0.29, 0.717) is 18.7 Å². The number of benzene rings is 1. The van der Waals surface area contributed by atoms with E-state index in [0.717, 1.165) is 18.6 Å². The molecule has 1 atom stereocenters. The van der Waals surface area contributed by atoms with E-state index in [4.69, 9.17) is 9.84 Å². The molecule has 0 aliphatic carbocycles. The summed E-state index contributed by atoms with van der Waals surface area (Å²) in [4.78, 5) is 13.4. The Morgan fingerprint density at radius 2 is 2.40 bits per heavy atom. The molecule has 1 fully saturated rings. The van der Waals surface area contributed by atoms with E-state index in [1.54, 1.807) is 10.7 Å². The Balaban J connectivity index is 1.89. The summed E-state index contributed by atoms with van der Waals surface area (Å²) in [6.45, 7) is 3.04. The smallest absolute Gasteiger partial charge is 0.338 e. The number of carboxylic acid groups (broad SMARTS) is 1. The second kappa shape index (κ2) is 5.18. The predicted molar refractivity (Wildman–Crippen MR) is 71.7 cm³/mol. The minimum atomic E-state index is -0.990. The van der Waals surface area contributed by atoms with E-state index in [1.165, 1.54) is 6.07 Å². The second-order valence-electron chi connectivity index (χ2n) is 5.01. The van der Waals surface area contributed by atoms with E-state index < -0.39 is 5.97 Å². The van der Waals surface area contributed by atoms with Crippen molar-refractivity contribution in [3.63, 3.8) is 0 Å². The molecule has 3 rings (SSSR count). The van der Waals surface area contributed by atoms with Crippen molar-refractivity contribution in [2.75, 3.05) is 26.7 Å². The summed E-state index contributed by atoms with van der Waals surface area (Å²) in [5, 5.41) is 17.2. The first-order valence-electron chi connectivity index (χ1n) is 6.51. The van der Waals surface area contributed by atoms with Gasteiger partial charge in [-0.2, -0.15) is 0 Å². The van der Waals surface area contributed by atoms with Gasteiger partial charge in [0.05, 0.1) is 30.3 Å². The molecule has 0 saturated carbocycles. The van der Waals surface area contributed by atoms with Gasteiger partial charge in [-0.05, 0) is 19.2 Å².